The number of halogens is 1. The molecule has 0 saturated carbocycles. The van der Waals surface area contributed by atoms with Gasteiger partial charge in [-0.1, -0.05) is 29.4 Å². The number of methoxy groups -OCH3 is 1. The molecule has 4 rings (SSSR count). The number of fused-ring (bicyclic) bond motifs is 1. The van der Waals surface area contributed by atoms with Gasteiger partial charge in [-0.15, -0.1) is 0 Å². The van der Waals surface area contributed by atoms with Crippen molar-refractivity contribution in [2.75, 3.05) is 35.4 Å². The molecule has 7 nitrogen and oxygen atoms in total. The molecule has 1 N–H and O–H groups in total. The number of nitrogens with zero attached hydrogens (tertiary/aromatic N) is 2. The lowest BCUT2D eigenvalue weighted by molar-refractivity contribution is -0.114. The van der Waals surface area contributed by atoms with Crippen molar-refractivity contribution < 1.29 is 17.9 Å². The average Bonchev–Trinajstić information content (AvgIpc) is 3.18. The van der Waals surface area contributed by atoms with Crippen LogP contribution in [0.2, 0.25) is 5.02 Å². The highest BCUT2D eigenvalue weighted by molar-refractivity contribution is 8.15. The Hall–Kier alpha value is -2.23. The molecule has 0 radical (unpaired) electrons. The van der Waals surface area contributed by atoms with Crippen LogP contribution in [0.5, 0.6) is 5.75 Å². The number of carbonyl (C=O) groups excluding carboxylic acids is 1. The Balaban J connectivity index is 1.62. The number of amides is 1. The number of hydrogen-bond acceptors (Lipinski definition) is 7. The number of nitrogens with one attached hydrogen (secondary N) is 1. The maximum Gasteiger partial charge on any atom is 0.244 e. The van der Waals surface area contributed by atoms with Crippen LogP contribution in [0.15, 0.2) is 41.4 Å². The van der Waals surface area contributed by atoms with Crippen molar-refractivity contribution in [2.24, 2.45) is 4.99 Å². The molecule has 2 aromatic rings. The standard InChI is InChI=1S/C22H24ClN3O4S2/c1-13-6-14(2)8-16(7-13)26(22-25-18-11-32(28,29)12-20(18)31-22)10-21(27)24-17-9-15(23)4-5-19(17)30-3/h4-9,18,20H,10-12H2,1-3H3,(H,24,27). The van der Waals surface area contributed by atoms with Crippen molar-refractivity contribution >= 4 is 55.6 Å². The third kappa shape index (κ3) is 5.05. The summed E-state index contributed by atoms with van der Waals surface area (Å²) in [5.74, 6) is 0.411. The van der Waals surface area contributed by atoms with Gasteiger partial charge < -0.3 is 15.0 Å². The first kappa shape index (κ1) is 22.9. The van der Waals surface area contributed by atoms with E-state index in [9.17, 15) is 13.2 Å². The lowest BCUT2D eigenvalue weighted by Gasteiger charge is -2.25. The van der Waals surface area contributed by atoms with Gasteiger partial charge in [0, 0.05) is 16.0 Å². The van der Waals surface area contributed by atoms with Crippen LogP contribution < -0.4 is 15.0 Å². The summed E-state index contributed by atoms with van der Waals surface area (Å²) in [6.07, 6.45) is 0. The Labute approximate surface area is 197 Å². The minimum Gasteiger partial charge on any atom is -0.495 e. The van der Waals surface area contributed by atoms with Gasteiger partial charge in [0.1, 0.15) is 12.3 Å². The van der Waals surface area contributed by atoms with Crippen molar-refractivity contribution in [3.05, 3.63) is 52.5 Å². The predicted octanol–water partition coefficient (Wildman–Crippen LogP) is 3.68. The number of anilines is 2. The second kappa shape index (κ2) is 8.96. The molecule has 2 atom stereocenters. The highest BCUT2D eigenvalue weighted by Crippen LogP contribution is 2.37. The lowest BCUT2D eigenvalue weighted by atomic mass is 10.1. The van der Waals surface area contributed by atoms with Crippen LogP contribution in [0, 0.1) is 13.8 Å². The highest BCUT2D eigenvalue weighted by atomic mass is 35.5. The first-order chi connectivity index (χ1) is 15.1. The molecule has 2 aliphatic rings. The van der Waals surface area contributed by atoms with E-state index in [-0.39, 0.29) is 35.2 Å². The first-order valence-electron chi connectivity index (χ1n) is 10.1. The smallest absolute Gasteiger partial charge is 0.244 e. The number of rotatable bonds is 5. The number of ether oxygens (including phenoxy) is 1. The average molecular weight is 494 g/mol. The van der Waals surface area contributed by atoms with E-state index >= 15 is 0 Å². The van der Waals surface area contributed by atoms with Crippen molar-refractivity contribution in [2.45, 2.75) is 25.1 Å². The normalized spacial score (nSPS) is 21.1. The molecule has 0 spiro atoms. The Morgan fingerprint density at radius 3 is 2.59 bits per heavy atom. The molecule has 2 unspecified atom stereocenters. The maximum atomic E-state index is 13.0. The SMILES string of the molecule is COc1ccc(Cl)cc1NC(=O)CN(C1=NC2CS(=O)(=O)CC2S1)c1cc(C)cc(C)c1. The van der Waals surface area contributed by atoms with Gasteiger partial charge in [-0.25, -0.2) is 8.42 Å². The summed E-state index contributed by atoms with van der Waals surface area (Å²) in [6, 6.07) is 10.8. The topological polar surface area (TPSA) is 88.1 Å². The van der Waals surface area contributed by atoms with Crippen molar-refractivity contribution in [1.82, 2.24) is 0 Å². The molecule has 32 heavy (non-hydrogen) atoms. The summed E-state index contributed by atoms with van der Waals surface area (Å²) < 4.78 is 29.3. The van der Waals surface area contributed by atoms with Crippen molar-refractivity contribution in [1.29, 1.82) is 0 Å². The van der Waals surface area contributed by atoms with Crippen LogP contribution in [-0.2, 0) is 14.6 Å². The summed E-state index contributed by atoms with van der Waals surface area (Å²) in [5, 5.41) is 3.90. The van der Waals surface area contributed by atoms with E-state index in [1.165, 1.54) is 18.9 Å². The third-order valence-electron chi connectivity index (χ3n) is 5.29. The van der Waals surface area contributed by atoms with Crippen LogP contribution in [0.3, 0.4) is 0 Å². The zero-order chi connectivity index (χ0) is 23.0. The Morgan fingerprint density at radius 1 is 1.22 bits per heavy atom. The molecule has 0 aromatic heterocycles. The van der Waals surface area contributed by atoms with Gasteiger partial charge in [0.05, 0.1) is 30.3 Å². The number of hydrogen-bond donors (Lipinski definition) is 1. The Bertz CT molecular complexity index is 1180. The fourth-order valence-electron chi connectivity index (χ4n) is 3.96. The summed E-state index contributed by atoms with van der Waals surface area (Å²) in [6.45, 7) is 4.00. The van der Waals surface area contributed by atoms with Crippen LogP contribution in [-0.4, -0.2) is 55.9 Å². The molecule has 0 bridgehead atoms. The van der Waals surface area contributed by atoms with Crippen LogP contribution in [0.4, 0.5) is 11.4 Å². The van der Waals surface area contributed by atoms with E-state index in [4.69, 9.17) is 21.3 Å². The number of aliphatic imine (C=N–C) groups is 1. The fourth-order valence-corrected chi connectivity index (χ4v) is 7.91. The molecule has 0 aliphatic carbocycles. The van der Waals surface area contributed by atoms with E-state index in [0.717, 1.165) is 16.8 Å². The number of carbonyl (C=O) groups is 1. The van der Waals surface area contributed by atoms with Gasteiger partial charge in [-0.3, -0.25) is 9.79 Å². The number of thioether (sulfide) groups is 1. The van der Waals surface area contributed by atoms with Crippen molar-refractivity contribution in [3.8, 4) is 5.75 Å². The zero-order valence-corrected chi connectivity index (χ0v) is 20.4. The third-order valence-corrected chi connectivity index (χ3v) is 8.77. The zero-order valence-electron chi connectivity index (χ0n) is 18.0. The van der Waals surface area contributed by atoms with Gasteiger partial charge in [0.2, 0.25) is 5.91 Å². The van der Waals surface area contributed by atoms with Crippen LogP contribution in [0.1, 0.15) is 11.1 Å². The number of benzene rings is 2. The molecule has 1 saturated heterocycles. The number of amidine groups is 1. The first-order valence-corrected chi connectivity index (χ1v) is 13.2. The molecule has 10 heteroatoms. The minimum atomic E-state index is -3.06. The van der Waals surface area contributed by atoms with E-state index in [1.807, 2.05) is 30.9 Å². The van der Waals surface area contributed by atoms with Gasteiger partial charge in [0.15, 0.2) is 15.0 Å². The highest BCUT2D eigenvalue weighted by Gasteiger charge is 2.44. The number of aryl methyl sites for hydroxylation is 2. The number of sulfone groups is 1. The van der Waals surface area contributed by atoms with Crippen LogP contribution >= 0.6 is 23.4 Å². The summed E-state index contributed by atoms with van der Waals surface area (Å²) in [7, 11) is -1.54. The second-order valence-electron chi connectivity index (χ2n) is 8.04. The molecule has 1 fully saturated rings. The molecular formula is C22H24ClN3O4S2. The molecule has 1 amide bonds. The summed E-state index contributed by atoms with van der Waals surface area (Å²) in [4.78, 5) is 19.6. The maximum absolute atomic E-state index is 13.0. The van der Waals surface area contributed by atoms with Crippen LogP contribution in [0.25, 0.3) is 0 Å². The molecule has 170 valence electrons. The van der Waals surface area contributed by atoms with Gasteiger partial charge in [0.25, 0.3) is 0 Å². The summed E-state index contributed by atoms with van der Waals surface area (Å²) in [5.41, 5.74) is 3.45. The molecule has 2 heterocycles. The quantitative estimate of drug-likeness (QED) is 0.683. The monoisotopic (exact) mass is 493 g/mol. The largest absolute Gasteiger partial charge is 0.495 e. The van der Waals surface area contributed by atoms with Gasteiger partial charge in [-0.05, 0) is 55.3 Å². The van der Waals surface area contributed by atoms with Crippen molar-refractivity contribution in [3.63, 3.8) is 0 Å². The molecular weight excluding hydrogens is 470 g/mol. The fraction of sp³-hybridized carbons (Fsp3) is 0.364. The minimum absolute atomic E-state index is 0.0105. The van der Waals surface area contributed by atoms with E-state index < -0.39 is 9.84 Å². The van der Waals surface area contributed by atoms with E-state index in [1.54, 1.807) is 18.2 Å². The molecule has 2 aromatic carbocycles. The lowest BCUT2D eigenvalue weighted by Crippen LogP contribution is -2.36. The summed E-state index contributed by atoms with van der Waals surface area (Å²) >= 11 is 7.51. The van der Waals surface area contributed by atoms with E-state index in [2.05, 4.69) is 11.4 Å². The van der Waals surface area contributed by atoms with Gasteiger partial charge in [-0.2, -0.15) is 0 Å². The predicted molar refractivity (Wildman–Crippen MR) is 131 cm³/mol. The second-order valence-corrected chi connectivity index (χ2v) is 11.8. The van der Waals surface area contributed by atoms with Gasteiger partial charge >= 0.3 is 0 Å². The Morgan fingerprint density at radius 2 is 1.94 bits per heavy atom. The Kier molecular flexibility index (Phi) is 6.42. The molecule has 2 aliphatic heterocycles. The van der Waals surface area contributed by atoms with E-state index in [0.29, 0.717) is 21.6 Å².